The second-order valence-corrected chi connectivity index (χ2v) is 6.52. The van der Waals surface area contributed by atoms with Crippen LogP contribution in [0, 0.1) is 5.92 Å². The minimum atomic E-state index is -3.23. The van der Waals surface area contributed by atoms with Crippen molar-refractivity contribution >= 4 is 9.84 Å². The molecule has 0 saturated carbocycles. The summed E-state index contributed by atoms with van der Waals surface area (Å²) in [4.78, 5) is 0.292. The Kier molecular flexibility index (Phi) is 3.69. The van der Waals surface area contributed by atoms with Crippen LogP contribution in [0.2, 0.25) is 0 Å². The van der Waals surface area contributed by atoms with Gasteiger partial charge in [-0.25, -0.2) is 8.42 Å². The zero-order valence-corrected chi connectivity index (χ0v) is 10.4. The van der Waals surface area contributed by atoms with Crippen molar-refractivity contribution in [3.8, 4) is 5.75 Å². The quantitative estimate of drug-likeness (QED) is 0.850. The van der Waals surface area contributed by atoms with Crippen molar-refractivity contribution in [3.63, 3.8) is 0 Å². The van der Waals surface area contributed by atoms with Crippen LogP contribution in [0.15, 0.2) is 29.2 Å². The van der Waals surface area contributed by atoms with Crippen LogP contribution in [0.1, 0.15) is 12.8 Å². The number of nitrogens with one attached hydrogen (secondary N) is 1. The maximum absolute atomic E-state index is 12.1. The van der Waals surface area contributed by atoms with Crippen molar-refractivity contribution in [2.24, 2.45) is 5.92 Å². The summed E-state index contributed by atoms with van der Waals surface area (Å²) in [6.45, 7) is 1.76. The number of hydrogen-bond donors (Lipinski definition) is 2. The molecule has 1 fully saturated rings. The first-order valence-corrected chi connectivity index (χ1v) is 7.46. The number of sulfone groups is 1. The smallest absolute Gasteiger partial charge is 0.178 e. The van der Waals surface area contributed by atoms with Crippen LogP contribution in [0.25, 0.3) is 0 Å². The highest BCUT2D eigenvalue weighted by Crippen LogP contribution is 2.20. The molecule has 0 spiro atoms. The molecule has 17 heavy (non-hydrogen) atoms. The molecule has 1 aromatic rings. The van der Waals surface area contributed by atoms with Gasteiger partial charge in [0.25, 0.3) is 0 Å². The lowest BCUT2D eigenvalue weighted by molar-refractivity contribution is 0.404. The van der Waals surface area contributed by atoms with Gasteiger partial charge in [-0.05, 0) is 56.1 Å². The Morgan fingerprint density at radius 1 is 1.29 bits per heavy atom. The Balaban J connectivity index is 2.10. The van der Waals surface area contributed by atoms with Gasteiger partial charge in [-0.1, -0.05) is 0 Å². The van der Waals surface area contributed by atoms with E-state index in [9.17, 15) is 8.42 Å². The van der Waals surface area contributed by atoms with Crippen LogP contribution in [0.3, 0.4) is 0 Å². The molecular weight excluding hydrogens is 238 g/mol. The molecule has 2 N–H and O–H groups in total. The maximum Gasteiger partial charge on any atom is 0.178 e. The highest BCUT2D eigenvalue weighted by molar-refractivity contribution is 7.91. The van der Waals surface area contributed by atoms with Crippen molar-refractivity contribution < 1.29 is 13.5 Å². The first-order valence-electron chi connectivity index (χ1n) is 5.80. The Labute approximate surface area is 102 Å². The molecule has 1 aromatic carbocycles. The summed E-state index contributed by atoms with van der Waals surface area (Å²) in [5.74, 6) is 0.468. The number of phenols is 1. The van der Waals surface area contributed by atoms with Gasteiger partial charge in [-0.15, -0.1) is 0 Å². The van der Waals surface area contributed by atoms with Crippen molar-refractivity contribution in [2.45, 2.75) is 17.7 Å². The minimum Gasteiger partial charge on any atom is -0.508 e. The monoisotopic (exact) mass is 255 g/mol. The highest BCUT2D eigenvalue weighted by Gasteiger charge is 2.22. The second-order valence-electron chi connectivity index (χ2n) is 4.49. The number of benzene rings is 1. The molecule has 1 saturated heterocycles. The van der Waals surface area contributed by atoms with E-state index >= 15 is 0 Å². The van der Waals surface area contributed by atoms with Gasteiger partial charge >= 0.3 is 0 Å². The maximum atomic E-state index is 12.1. The van der Waals surface area contributed by atoms with Gasteiger partial charge in [0.15, 0.2) is 9.84 Å². The fourth-order valence-corrected chi connectivity index (χ4v) is 3.77. The number of rotatable bonds is 3. The SMILES string of the molecule is O=S(=O)(CC1CCCNC1)c1ccc(O)cc1. The number of phenolic OH excluding ortho intramolecular Hbond substituents is 1. The molecule has 1 aliphatic rings. The zero-order valence-electron chi connectivity index (χ0n) is 9.59. The van der Waals surface area contributed by atoms with Crippen LogP contribution in [-0.2, 0) is 9.84 Å². The van der Waals surface area contributed by atoms with Gasteiger partial charge in [-0.3, -0.25) is 0 Å². The molecule has 1 aliphatic heterocycles. The van der Waals surface area contributed by atoms with Crippen LogP contribution >= 0.6 is 0 Å². The predicted molar refractivity (Wildman–Crippen MR) is 65.8 cm³/mol. The summed E-state index contributed by atoms with van der Waals surface area (Å²) in [5.41, 5.74) is 0. The van der Waals surface area contributed by atoms with E-state index in [0.29, 0.717) is 4.90 Å². The van der Waals surface area contributed by atoms with Gasteiger partial charge in [0.1, 0.15) is 5.75 Å². The Morgan fingerprint density at radius 3 is 2.59 bits per heavy atom. The number of hydrogen-bond acceptors (Lipinski definition) is 4. The average Bonchev–Trinajstić information content (AvgIpc) is 2.30. The lowest BCUT2D eigenvalue weighted by atomic mass is 10.0. The summed E-state index contributed by atoms with van der Waals surface area (Å²) < 4.78 is 24.2. The Hall–Kier alpha value is -1.07. The van der Waals surface area contributed by atoms with Crippen LogP contribution < -0.4 is 5.32 Å². The molecule has 1 atom stereocenters. The van der Waals surface area contributed by atoms with E-state index in [4.69, 9.17) is 5.11 Å². The van der Waals surface area contributed by atoms with E-state index in [1.54, 1.807) is 0 Å². The van der Waals surface area contributed by atoms with E-state index < -0.39 is 9.84 Å². The Bertz CT molecular complexity index is 461. The summed E-state index contributed by atoms with van der Waals surface area (Å²) in [5, 5.41) is 12.4. The van der Waals surface area contributed by atoms with Gasteiger partial charge in [0, 0.05) is 0 Å². The number of piperidine rings is 1. The van der Waals surface area contributed by atoms with Crippen LogP contribution in [0.5, 0.6) is 5.75 Å². The van der Waals surface area contributed by atoms with E-state index in [2.05, 4.69) is 5.32 Å². The number of aromatic hydroxyl groups is 1. The molecule has 1 unspecified atom stereocenters. The first kappa shape index (κ1) is 12.4. The largest absolute Gasteiger partial charge is 0.508 e. The van der Waals surface area contributed by atoms with E-state index in [0.717, 1.165) is 25.9 Å². The fraction of sp³-hybridized carbons (Fsp3) is 0.500. The molecule has 0 radical (unpaired) electrons. The molecule has 4 nitrogen and oxygen atoms in total. The van der Waals surface area contributed by atoms with E-state index in [-0.39, 0.29) is 17.4 Å². The lowest BCUT2D eigenvalue weighted by Crippen LogP contribution is -2.33. The van der Waals surface area contributed by atoms with Gasteiger partial charge < -0.3 is 10.4 Å². The predicted octanol–water partition coefficient (Wildman–Crippen LogP) is 1.17. The molecule has 94 valence electrons. The van der Waals surface area contributed by atoms with Crippen LogP contribution in [-0.4, -0.2) is 32.4 Å². The molecule has 0 amide bonds. The Morgan fingerprint density at radius 2 is 2.00 bits per heavy atom. The highest BCUT2D eigenvalue weighted by atomic mass is 32.2. The molecule has 0 aromatic heterocycles. The third-order valence-corrected chi connectivity index (χ3v) is 4.95. The fourth-order valence-electron chi connectivity index (χ4n) is 2.13. The summed E-state index contributed by atoms with van der Waals surface area (Å²) in [6, 6.07) is 5.74. The zero-order chi connectivity index (χ0) is 12.3. The van der Waals surface area contributed by atoms with Gasteiger partial charge in [0.05, 0.1) is 10.6 Å². The lowest BCUT2D eigenvalue weighted by Gasteiger charge is -2.22. The third kappa shape index (κ3) is 3.20. The molecule has 5 heteroatoms. The van der Waals surface area contributed by atoms with Crippen LogP contribution in [0.4, 0.5) is 0 Å². The second kappa shape index (κ2) is 5.06. The van der Waals surface area contributed by atoms with Crippen molar-refractivity contribution in [3.05, 3.63) is 24.3 Å². The molecule has 0 aliphatic carbocycles. The molecule has 2 rings (SSSR count). The summed E-state index contributed by atoms with van der Waals surface area (Å²) in [6.07, 6.45) is 2.00. The minimum absolute atomic E-state index is 0.0864. The standard InChI is InChI=1S/C12H17NO3S/c14-11-3-5-12(6-4-11)17(15,16)9-10-2-1-7-13-8-10/h3-6,10,13-14H,1-2,7-9H2. The van der Waals surface area contributed by atoms with Gasteiger partial charge in [-0.2, -0.15) is 0 Å². The topological polar surface area (TPSA) is 66.4 Å². The average molecular weight is 255 g/mol. The third-order valence-electron chi connectivity index (χ3n) is 3.05. The van der Waals surface area contributed by atoms with E-state index in [1.165, 1.54) is 24.3 Å². The summed E-state index contributed by atoms with van der Waals surface area (Å²) >= 11 is 0. The normalized spacial score (nSPS) is 21.3. The molecule has 0 bridgehead atoms. The first-order chi connectivity index (χ1) is 8.08. The molecular formula is C12H17NO3S. The molecule has 1 heterocycles. The van der Waals surface area contributed by atoms with E-state index in [1.807, 2.05) is 0 Å². The van der Waals surface area contributed by atoms with Crippen molar-refractivity contribution in [2.75, 3.05) is 18.8 Å². The summed E-state index contributed by atoms with van der Waals surface area (Å²) in [7, 11) is -3.23. The van der Waals surface area contributed by atoms with Crippen molar-refractivity contribution in [1.82, 2.24) is 5.32 Å². The van der Waals surface area contributed by atoms with Gasteiger partial charge in [0.2, 0.25) is 0 Å². The van der Waals surface area contributed by atoms with Crippen molar-refractivity contribution in [1.29, 1.82) is 0 Å².